The zero-order valence-corrected chi connectivity index (χ0v) is 11.8. The smallest absolute Gasteiger partial charge is 0.326 e. The predicted octanol–water partition coefficient (Wildman–Crippen LogP) is 3.23. The van der Waals surface area contributed by atoms with Crippen LogP contribution < -0.4 is 5.73 Å². The summed E-state index contributed by atoms with van der Waals surface area (Å²) in [4.78, 5) is 2.10. The fourth-order valence-electron chi connectivity index (χ4n) is 3.10. The van der Waals surface area contributed by atoms with Crippen LogP contribution in [-0.4, -0.2) is 31.1 Å². The minimum Gasteiger partial charge on any atom is -0.326 e. The van der Waals surface area contributed by atoms with Crippen LogP contribution in [0.3, 0.4) is 0 Å². The number of hydrogen-bond donors (Lipinski definition) is 1. The van der Waals surface area contributed by atoms with E-state index in [0.717, 1.165) is 30.9 Å². The number of hydrogen-bond acceptors (Lipinski definition) is 2. The van der Waals surface area contributed by atoms with Crippen LogP contribution in [0.25, 0.3) is 0 Å². The first-order valence-electron chi connectivity index (χ1n) is 6.88. The van der Waals surface area contributed by atoms with Gasteiger partial charge in [-0.2, -0.15) is 13.2 Å². The van der Waals surface area contributed by atoms with Crippen molar-refractivity contribution in [1.82, 2.24) is 4.90 Å². The molecular weight excluding hydrogens is 265 g/mol. The fourth-order valence-corrected chi connectivity index (χ4v) is 3.10. The molecule has 20 heavy (non-hydrogen) atoms. The summed E-state index contributed by atoms with van der Waals surface area (Å²) in [6, 6.07) is 5.99. The maximum absolute atomic E-state index is 12.7. The van der Waals surface area contributed by atoms with Gasteiger partial charge in [0.05, 0.1) is 5.56 Å². The molecule has 0 amide bonds. The van der Waals surface area contributed by atoms with Gasteiger partial charge in [0, 0.05) is 12.1 Å². The second-order valence-electron chi connectivity index (χ2n) is 5.83. The van der Waals surface area contributed by atoms with Crippen molar-refractivity contribution in [1.29, 1.82) is 0 Å². The normalized spacial score (nSPS) is 27.9. The first kappa shape index (κ1) is 15.3. The van der Waals surface area contributed by atoms with Gasteiger partial charge in [0.15, 0.2) is 0 Å². The van der Waals surface area contributed by atoms with Crippen LogP contribution in [0.2, 0.25) is 0 Å². The first-order chi connectivity index (χ1) is 9.29. The molecule has 1 aromatic carbocycles. The van der Waals surface area contributed by atoms with E-state index >= 15 is 0 Å². The van der Waals surface area contributed by atoms with Crippen LogP contribution in [-0.2, 0) is 6.18 Å². The van der Waals surface area contributed by atoms with Crippen molar-refractivity contribution in [3.8, 4) is 0 Å². The van der Waals surface area contributed by atoms with E-state index in [0.29, 0.717) is 6.04 Å². The number of benzene rings is 1. The predicted molar refractivity (Wildman–Crippen MR) is 73.5 cm³/mol. The summed E-state index contributed by atoms with van der Waals surface area (Å²) in [5, 5.41) is 0. The highest BCUT2D eigenvalue weighted by Gasteiger charge is 2.33. The Hall–Kier alpha value is -1.07. The van der Waals surface area contributed by atoms with Crippen LogP contribution in [0.4, 0.5) is 13.2 Å². The Morgan fingerprint density at radius 1 is 1.20 bits per heavy atom. The lowest BCUT2D eigenvalue weighted by Crippen LogP contribution is -2.47. The molecule has 0 aliphatic heterocycles. The van der Waals surface area contributed by atoms with Crippen molar-refractivity contribution in [2.75, 3.05) is 14.1 Å². The number of halogens is 3. The monoisotopic (exact) mass is 286 g/mol. The molecule has 0 aromatic heterocycles. The molecule has 1 aliphatic carbocycles. The van der Waals surface area contributed by atoms with Gasteiger partial charge in [0.1, 0.15) is 0 Å². The molecule has 0 radical (unpaired) electrons. The van der Waals surface area contributed by atoms with Gasteiger partial charge < -0.3 is 10.6 Å². The van der Waals surface area contributed by atoms with Crippen molar-refractivity contribution in [3.63, 3.8) is 0 Å². The second-order valence-corrected chi connectivity index (χ2v) is 5.83. The molecule has 2 rings (SSSR count). The molecule has 0 saturated heterocycles. The summed E-state index contributed by atoms with van der Waals surface area (Å²) in [5.74, 6) is 0.128. The maximum Gasteiger partial charge on any atom is 0.416 e. The van der Waals surface area contributed by atoms with Crippen molar-refractivity contribution in [2.45, 2.75) is 43.4 Å². The highest BCUT2D eigenvalue weighted by atomic mass is 19.4. The van der Waals surface area contributed by atoms with Gasteiger partial charge >= 0.3 is 6.18 Å². The van der Waals surface area contributed by atoms with Crippen LogP contribution >= 0.6 is 0 Å². The van der Waals surface area contributed by atoms with Crippen molar-refractivity contribution < 1.29 is 13.2 Å². The maximum atomic E-state index is 12.7. The van der Waals surface area contributed by atoms with Crippen LogP contribution in [0.15, 0.2) is 24.3 Å². The second kappa shape index (κ2) is 5.74. The third-order valence-electron chi connectivity index (χ3n) is 4.21. The number of likely N-dealkylation sites (N-methyl/N-ethyl adjacent to an activating group) is 1. The Bertz CT molecular complexity index is 457. The Morgan fingerprint density at radius 3 is 2.45 bits per heavy atom. The van der Waals surface area contributed by atoms with Gasteiger partial charge in [-0.15, -0.1) is 0 Å². The zero-order valence-electron chi connectivity index (χ0n) is 11.8. The number of nitrogens with zero attached hydrogens (tertiary/aromatic N) is 1. The van der Waals surface area contributed by atoms with Gasteiger partial charge in [0.2, 0.25) is 0 Å². The Labute approximate surface area is 117 Å². The molecule has 1 aromatic rings. The van der Waals surface area contributed by atoms with E-state index in [1.165, 1.54) is 12.1 Å². The molecule has 2 N–H and O–H groups in total. The molecule has 3 unspecified atom stereocenters. The van der Waals surface area contributed by atoms with E-state index in [1.54, 1.807) is 6.07 Å². The Balaban J connectivity index is 2.14. The molecule has 1 fully saturated rings. The SMILES string of the molecule is CN(C)C1CCC(c2cccc(C(F)(F)F)c2)CC1N. The van der Waals surface area contributed by atoms with E-state index in [-0.39, 0.29) is 12.0 Å². The van der Waals surface area contributed by atoms with Gasteiger partial charge in [-0.3, -0.25) is 0 Å². The van der Waals surface area contributed by atoms with E-state index < -0.39 is 11.7 Å². The van der Waals surface area contributed by atoms with Crippen molar-refractivity contribution >= 4 is 0 Å². The lowest BCUT2D eigenvalue weighted by Gasteiger charge is -2.38. The Morgan fingerprint density at radius 2 is 1.90 bits per heavy atom. The molecular formula is C15H21F3N2. The molecule has 0 heterocycles. The fraction of sp³-hybridized carbons (Fsp3) is 0.600. The average Bonchev–Trinajstić information content (AvgIpc) is 2.37. The summed E-state index contributed by atoms with van der Waals surface area (Å²) in [5.41, 5.74) is 6.35. The minimum atomic E-state index is -4.28. The van der Waals surface area contributed by atoms with E-state index in [4.69, 9.17) is 5.73 Å². The minimum absolute atomic E-state index is 0.0123. The van der Waals surface area contributed by atoms with Gasteiger partial charge in [-0.05, 0) is 50.9 Å². The van der Waals surface area contributed by atoms with Crippen molar-refractivity contribution in [2.24, 2.45) is 5.73 Å². The number of rotatable bonds is 2. The molecule has 112 valence electrons. The highest BCUT2D eigenvalue weighted by Crippen LogP contribution is 2.36. The molecule has 0 spiro atoms. The number of nitrogens with two attached hydrogens (primary N) is 1. The average molecular weight is 286 g/mol. The third kappa shape index (κ3) is 3.33. The Kier molecular flexibility index (Phi) is 4.39. The summed E-state index contributed by atoms with van der Waals surface area (Å²) >= 11 is 0. The molecule has 3 atom stereocenters. The van der Waals surface area contributed by atoms with Gasteiger partial charge in [-0.1, -0.05) is 18.2 Å². The first-order valence-corrected chi connectivity index (χ1v) is 6.88. The molecule has 0 bridgehead atoms. The highest BCUT2D eigenvalue weighted by molar-refractivity contribution is 5.29. The van der Waals surface area contributed by atoms with Crippen LogP contribution in [0, 0.1) is 0 Å². The standard InChI is InChI=1S/C15H21F3N2/c1-20(2)14-7-6-11(9-13(14)19)10-4-3-5-12(8-10)15(16,17)18/h3-5,8,11,13-14H,6-7,9,19H2,1-2H3. The summed E-state index contributed by atoms with van der Waals surface area (Å²) in [6.45, 7) is 0. The molecule has 1 aliphatic rings. The molecule has 5 heteroatoms. The topological polar surface area (TPSA) is 29.3 Å². The lowest BCUT2D eigenvalue weighted by atomic mass is 9.78. The third-order valence-corrected chi connectivity index (χ3v) is 4.21. The van der Waals surface area contributed by atoms with Crippen LogP contribution in [0.1, 0.15) is 36.3 Å². The summed E-state index contributed by atoms with van der Waals surface area (Å²) in [7, 11) is 3.99. The van der Waals surface area contributed by atoms with E-state index in [2.05, 4.69) is 4.90 Å². The molecule has 1 saturated carbocycles. The summed E-state index contributed by atoms with van der Waals surface area (Å²) in [6.07, 6.45) is -1.73. The van der Waals surface area contributed by atoms with E-state index in [9.17, 15) is 13.2 Å². The van der Waals surface area contributed by atoms with E-state index in [1.807, 2.05) is 14.1 Å². The van der Waals surface area contributed by atoms with Crippen molar-refractivity contribution in [3.05, 3.63) is 35.4 Å². The zero-order chi connectivity index (χ0) is 14.9. The van der Waals surface area contributed by atoms with Gasteiger partial charge in [-0.25, -0.2) is 0 Å². The molecule has 2 nitrogen and oxygen atoms in total. The number of alkyl halides is 3. The van der Waals surface area contributed by atoms with Gasteiger partial charge in [0.25, 0.3) is 0 Å². The quantitative estimate of drug-likeness (QED) is 0.904. The van der Waals surface area contributed by atoms with Crippen LogP contribution in [0.5, 0.6) is 0 Å². The lowest BCUT2D eigenvalue weighted by molar-refractivity contribution is -0.137. The largest absolute Gasteiger partial charge is 0.416 e. The summed E-state index contributed by atoms with van der Waals surface area (Å²) < 4.78 is 38.2.